The summed E-state index contributed by atoms with van der Waals surface area (Å²) in [5, 5.41) is 4.05. The third-order valence-electron chi connectivity index (χ3n) is 4.18. The largest absolute Gasteiger partial charge is 0.447 e. The molecule has 2 aromatic heterocycles. The molecular formula is C16H22N4O3. The third-order valence-corrected chi connectivity index (χ3v) is 4.18. The van der Waals surface area contributed by atoms with Gasteiger partial charge in [-0.3, -0.25) is 4.79 Å². The first kappa shape index (κ1) is 15.7. The van der Waals surface area contributed by atoms with Gasteiger partial charge < -0.3 is 13.8 Å². The van der Waals surface area contributed by atoms with Crippen LogP contribution in [-0.2, 0) is 6.42 Å². The van der Waals surface area contributed by atoms with Crippen LogP contribution in [0.1, 0.15) is 73.4 Å². The molecule has 1 amide bonds. The number of oxazole rings is 1. The monoisotopic (exact) mass is 318 g/mol. The van der Waals surface area contributed by atoms with Crippen LogP contribution < -0.4 is 0 Å². The molecule has 0 saturated carbocycles. The van der Waals surface area contributed by atoms with Crippen molar-refractivity contribution in [3.05, 3.63) is 29.6 Å². The summed E-state index contributed by atoms with van der Waals surface area (Å²) in [6.07, 6.45) is 3.94. The van der Waals surface area contributed by atoms with E-state index in [1.807, 2.05) is 25.7 Å². The Morgan fingerprint density at radius 3 is 3.00 bits per heavy atom. The molecule has 0 aromatic carbocycles. The summed E-state index contributed by atoms with van der Waals surface area (Å²) in [7, 11) is 0. The van der Waals surface area contributed by atoms with Gasteiger partial charge in [-0.2, -0.15) is 4.98 Å². The second-order valence-electron chi connectivity index (χ2n) is 6.21. The van der Waals surface area contributed by atoms with Crippen molar-refractivity contribution < 1.29 is 13.7 Å². The molecule has 3 rings (SSSR count). The van der Waals surface area contributed by atoms with Gasteiger partial charge in [0.2, 0.25) is 5.89 Å². The van der Waals surface area contributed by atoms with Gasteiger partial charge in [-0.15, -0.1) is 0 Å². The van der Waals surface area contributed by atoms with Gasteiger partial charge in [-0.1, -0.05) is 25.9 Å². The lowest BCUT2D eigenvalue weighted by molar-refractivity contribution is 0.0695. The van der Waals surface area contributed by atoms with Gasteiger partial charge in [0.25, 0.3) is 5.91 Å². The Kier molecular flexibility index (Phi) is 4.45. The lowest BCUT2D eigenvalue weighted by Crippen LogP contribution is -2.40. The summed E-state index contributed by atoms with van der Waals surface area (Å²) in [5.41, 5.74) is 0.419. The van der Waals surface area contributed by atoms with Gasteiger partial charge in [0, 0.05) is 31.3 Å². The summed E-state index contributed by atoms with van der Waals surface area (Å²) in [6, 6.07) is 0. The molecule has 1 saturated heterocycles. The third kappa shape index (κ3) is 3.13. The van der Waals surface area contributed by atoms with E-state index in [9.17, 15) is 4.79 Å². The maximum atomic E-state index is 12.8. The van der Waals surface area contributed by atoms with Crippen LogP contribution >= 0.6 is 0 Å². The van der Waals surface area contributed by atoms with E-state index in [1.54, 1.807) is 0 Å². The van der Waals surface area contributed by atoms with Gasteiger partial charge in [-0.25, -0.2) is 4.98 Å². The lowest BCUT2D eigenvalue weighted by atomic mass is 9.97. The van der Waals surface area contributed by atoms with Gasteiger partial charge in [-0.05, 0) is 12.8 Å². The first-order valence-corrected chi connectivity index (χ1v) is 8.15. The van der Waals surface area contributed by atoms with Gasteiger partial charge in [0.15, 0.2) is 17.9 Å². The molecule has 0 N–H and O–H groups in total. The van der Waals surface area contributed by atoms with Crippen LogP contribution in [0, 0.1) is 0 Å². The minimum atomic E-state index is -0.0774. The molecule has 0 bridgehead atoms. The van der Waals surface area contributed by atoms with Crippen LogP contribution in [0.2, 0.25) is 0 Å². The highest BCUT2D eigenvalue weighted by Gasteiger charge is 2.31. The Morgan fingerprint density at radius 1 is 1.48 bits per heavy atom. The van der Waals surface area contributed by atoms with Crippen molar-refractivity contribution in [3.8, 4) is 0 Å². The van der Waals surface area contributed by atoms with Crippen LogP contribution in [0.5, 0.6) is 0 Å². The van der Waals surface area contributed by atoms with Crippen molar-refractivity contribution in [2.24, 2.45) is 0 Å². The fourth-order valence-electron chi connectivity index (χ4n) is 2.93. The standard InChI is InChI=1S/C16H22N4O3/c1-4-12-18-15(19-23-12)11-6-5-7-20(8-11)16(21)13-14(10(2)3)22-9-17-13/h9-11H,4-8H2,1-3H3/t11-/m0/s1. The summed E-state index contributed by atoms with van der Waals surface area (Å²) >= 11 is 0. The highest BCUT2D eigenvalue weighted by atomic mass is 16.5. The van der Waals surface area contributed by atoms with E-state index in [0.29, 0.717) is 29.7 Å². The predicted octanol–water partition coefficient (Wildman–Crippen LogP) is 2.76. The number of aromatic nitrogens is 3. The second kappa shape index (κ2) is 6.52. The smallest absolute Gasteiger partial charge is 0.276 e. The topological polar surface area (TPSA) is 85.3 Å². The van der Waals surface area contributed by atoms with E-state index >= 15 is 0 Å². The normalized spacial score (nSPS) is 18.6. The zero-order valence-electron chi connectivity index (χ0n) is 13.8. The number of carbonyl (C=O) groups is 1. The molecular weight excluding hydrogens is 296 g/mol. The zero-order chi connectivity index (χ0) is 16.4. The fourth-order valence-corrected chi connectivity index (χ4v) is 2.93. The van der Waals surface area contributed by atoms with Crippen LogP contribution in [0.25, 0.3) is 0 Å². The molecule has 1 fully saturated rings. The lowest BCUT2D eigenvalue weighted by Gasteiger charge is -2.31. The summed E-state index contributed by atoms with van der Waals surface area (Å²) in [5.74, 6) is 2.15. The average Bonchev–Trinajstić information content (AvgIpc) is 3.23. The van der Waals surface area contributed by atoms with Gasteiger partial charge in [0.05, 0.1) is 0 Å². The summed E-state index contributed by atoms with van der Waals surface area (Å²) in [4.78, 5) is 23.1. The van der Waals surface area contributed by atoms with E-state index in [-0.39, 0.29) is 17.7 Å². The number of nitrogens with zero attached hydrogens (tertiary/aromatic N) is 4. The van der Waals surface area contributed by atoms with Crippen LogP contribution in [0.15, 0.2) is 15.3 Å². The van der Waals surface area contributed by atoms with Crippen molar-refractivity contribution >= 4 is 5.91 Å². The first-order valence-electron chi connectivity index (χ1n) is 8.15. The molecule has 2 aromatic rings. The van der Waals surface area contributed by atoms with E-state index < -0.39 is 0 Å². The Balaban J connectivity index is 1.75. The highest BCUT2D eigenvalue weighted by molar-refractivity contribution is 5.93. The molecule has 3 heterocycles. The average molecular weight is 318 g/mol. The number of hydrogen-bond donors (Lipinski definition) is 0. The number of aryl methyl sites for hydroxylation is 1. The molecule has 23 heavy (non-hydrogen) atoms. The molecule has 0 aliphatic carbocycles. The van der Waals surface area contributed by atoms with Crippen LogP contribution in [0.3, 0.4) is 0 Å². The Morgan fingerprint density at radius 2 is 2.30 bits per heavy atom. The van der Waals surface area contributed by atoms with Crippen molar-refractivity contribution in [1.82, 2.24) is 20.0 Å². The number of rotatable bonds is 4. The zero-order valence-corrected chi connectivity index (χ0v) is 13.8. The van der Waals surface area contributed by atoms with Crippen LogP contribution in [-0.4, -0.2) is 39.0 Å². The second-order valence-corrected chi connectivity index (χ2v) is 6.21. The molecule has 124 valence electrons. The molecule has 1 aliphatic rings. The molecule has 0 radical (unpaired) electrons. The quantitative estimate of drug-likeness (QED) is 0.861. The Labute approximate surface area is 135 Å². The number of hydrogen-bond acceptors (Lipinski definition) is 6. The molecule has 1 atom stereocenters. The number of piperidine rings is 1. The van der Waals surface area contributed by atoms with E-state index in [2.05, 4.69) is 15.1 Å². The SMILES string of the molecule is CCc1nc([C@H]2CCCN(C(=O)c3ncoc3C(C)C)C2)no1. The Bertz CT molecular complexity index is 676. The maximum Gasteiger partial charge on any atom is 0.276 e. The van der Waals surface area contributed by atoms with Crippen molar-refractivity contribution in [3.63, 3.8) is 0 Å². The van der Waals surface area contributed by atoms with Gasteiger partial charge in [0.1, 0.15) is 5.76 Å². The fraction of sp³-hybridized carbons (Fsp3) is 0.625. The maximum absolute atomic E-state index is 12.8. The number of amides is 1. The molecule has 7 heteroatoms. The first-order chi connectivity index (χ1) is 11.1. The van der Waals surface area contributed by atoms with Crippen LogP contribution in [0.4, 0.5) is 0 Å². The highest BCUT2D eigenvalue weighted by Crippen LogP contribution is 2.27. The van der Waals surface area contributed by atoms with E-state index in [1.165, 1.54) is 6.39 Å². The summed E-state index contributed by atoms with van der Waals surface area (Å²) < 4.78 is 10.6. The van der Waals surface area contributed by atoms with E-state index in [0.717, 1.165) is 25.8 Å². The van der Waals surface area contributed by atoms with Crippen molar-refractivity contribution in [2.45, 2.75) is 51.9 Å². The molecule has 0 spiro atoms. The van der Waals surface area contributed by atoms with E-state index in [4.69, 9.17) is 8.94 Å². The number of carbonyl (C=O) groups excluding carboxylic acids is 1. The minimum Gasteiger partial charge on any atom is -0.447 e. The molecule has 0 unspecified atom stereocenters. The summed E-state index contributed by atoms with van der Waals surface area (Å²) in [6.45, 7) is 7.26. The van der Waals surface area contributed by atoms with Crippen molar-refractivity contribution in [1.29, 1.82) is 0 Å². The molecule has 1 aliphatic heterocycles. The van der Waals surface area contributed by atoms with Crippen molar-refractivity contribution in [2.75, 3.05) is 13.1 Å². The Hall–Kier alpha value is -2.18. The minimum absolute atomic E-state index is 0.0774. The number of likely N-dealkylation sites (tertiary alicyclic amines) is 1. The van der Waals surface area contributed by atoms with Gasteiger partial charge >= 0.3 is 0 Å². The molecule has 7 nitrogen and oxygen atoms in total. The predicted molar refractivity (Wildman–Crippen MR) is 82.1 cm³/mol.